The minimum atomic E-state index is -0.756. The SMILES string of the molecule is CCOC(=O)N1CCC(NCC(C)(O)CCOC)CC1. The lowest BCUT2D eigenvalue weighted by Gasteiger charge is -2.33. The number of ether oxygens (including phenoxy) is 2. The molecule has 1 unspecified atom stereocenters. The number of hydrogen-bond acceptors (Lipinski definition) is 5. The first kappa shape index (κ1) is 17.2. The first-order valence-electron chi connectivity index (χ1n) is 7.35. The summed E-state index contributed by atoms with van der Waals surface area (Å²) in [5, 5.41) is 13.5. The van der Waals surface area contributed by atoms with E-state index in [1.165, 1.54) is 0 Å². The molecule has 0 bridgehead atoms. The van der Waals surface area contributed by atoms with E-state index in [2.05, 4.69) is 5.32 Å². The zero-order chi connectivity index (χ0) is 15.0. The third-order valence-electron chi connectivity index (χ3n) is 3.64. The van der Waals surface area contributed by atoms with E-state index in [9.17, 15) is 9.90 Å². The largest absolute Gasteiger partial charge is 0.450 e. The van der Waals surface area contributed by atoms with Crippen molar-refractivity contribution >= 4 is 6.09 Å². The van der Waals surface area contributed by atoms with E-state index in [1.54, 1.807) is 12.0 Å². The van der Waals surface area contributed by atoms with Crippen LogP contribution in [0.5, 0.6) is 0 Å². The van der Waals surface area contributed by atoms with Gasteiger partial charge >= 0.3 is 6.09 Å². The highest BCUT2D eigenvalue weighted by atomic mass is 16.6. The van der Waals surface area contributed by atoms with Crippen LogP contribution in [0.15, 0.2) is 0 Å². The minimum absolute atomic E-state index is 0.224. The molecule has 1 aliphatic heterocycles. The molecule has 1 atom stereocenters. The van der Waals surface area contributed by atoms with Crippen molar-refractivity contribution in [2.75, 3.05) is 40.0 Å². The van der Waals surface area contributed by atoms with Crippen molar-refractivity contribution in [2.45, 2.75) is 44.8 Å². The summed E-state index contributed by atoms with van der Waals surface area (Å²) in [6.07, 6.45) is 2.16. The van der Waals surface area contributed by atoms with Crippen molar-refractivity contribution in [1.82, 2.24) is 10.2 Å². The van der Waals surface area contributed by atoms with Crippen molar-refractivity contribution in [1.29, 1.82) is 0 Å². The summed E-state index contributed by atoms with van der Waals surface area (Å²) in [5.41, 5.74) is -0.756. The molecular weight excluding hydrogens is 260 g/mol. The molecule has 1 aliphatic rings. The van der Waals surface area contributed by atoms with Crippen molar-refractivity contribution < 1.29 is 19.4 Å². The molecule has 0 radical (unpaired) electrons. The standard InChI is InChI=1S/C14H28N2O4/c1-4-20-13(17)16-8-5-12(6-9-16)15-11-14(2,18)7-10-19-3/h12,15,18H,4-11H2,1-3H3. The first-order valence-corrected chi connectivity index (χ1v) is 7.35. The Bertz CT molecular complexity index is 289. The first-order chi connectivity index (χ1) is 9.48. The van der Waals surface area contributed by atoms with E-state index in [4.69, 9.17) is 9.47 Å². The normalized spacial score (nSPS) is 19.7. The number of likely N-dealkylation sites (tertiary alicyclic amines) is 1. The van der Waals surface area contributed by atoms with Gasteiger partial charge in [-0.3, -0.25) is 0 Å². The summed E-state index contributed by atoms with van der Waals surface area (Å²) in [6.45, 7) is 6.55. The fourth-order valence-corrected chi connectivity index (χ4v) is 2.26. The molecule has 0 spiro atoms. The number of piperidine rings is 1. The molecule has 1 rings (SSSR count). The van der Waals surface area contributed by atoms with Crippen LogP contribution in [0.3, 0.4) is 0 Å². The van der Waals surface area contributed by atoms with E-state index >= 15 is 0 Å². The number of carbonyl (C=O) groups excluding carboxylic acids is 1. The van der Waals surface area contributed by atoms with Gasteiger partial charge in [0.05, 0.1) is 12.2 Å². The van der Waals surface area contributed by atoms with E-state index < -0.39 is 5.60 Å². The molecule has 0 saturated carbocycles. The molecular formula is C14H28N2O4. The third kappa shape index (κ3) is 6.07. The summed E-state index contributed by atoms with van der Waals surface area (Å²) in [4.78, 5) is 13.3. The average Bonchev–Trinajstić information content (AvgIpc) is 2.44. The Morgan fingerprint density at radius 3 is 2.65 bits per heavy atom. The van der Waals surface area contributed by atoms with Crippen LogP contribution in [0.25, 0.3) is 0 Å². The molecule has 20 heavy (non-hydrogen) atoms. The van der Waals surface area contributed by atoms with Gasteiger partial charge in [-0.05, 0) is 26.7 Å². The maximum Gasteiger partial charge on any atom is 0.409 e. The lowest BCUT2D eigenvalue weighted by molar-refractivity contribution is 0.0203. The van der Waals surface area contributed by atoms with Gasteiger partial charge in [-0.1, -0.05) is 0 Å². The molecule has 1 amide bonds. The van der Waals surface area contributed by atoms with Crippen LogP contribution in [0, 0.1) is 0 Å². The summed E-state index contributed by atoms with van der Waals surface area (Å²) in [5.74, 6) is 0. The van der Waals surface area contributed by atoms with Gasteiger partial charge in [0.2, 0.25) is 0 Å². The fourth-order valence-electron chi connectivity index (χ4n) is 2.26. The van der Waals surface area contributed by atoms with Crippen molar-refractivity contribution in [3.8, 4) is 0 Å². The maximum atomic E-state index is 11.6. The quantitative estimate of drug-likeness (QED) is 0.731. The predicted octanol–water partition coefficient (Wildman–Crippen LogP) is 0.984. The van der Waals surface area contributed by atoms with Gasteiger partial charge in [0, 0.05) is 45.8 Å². The molecule has 0 aliphatic carbocycles. The Morgan fingerprint density at radius 2 is 2.10 bits per heavy atom. The van der Waals surface area contributed by atoms with E-state index in [0.717, 1.165) is 12.8 Å². The molecule has 1 saturated heterocycles. The highest BCUT2D eigenvalue weighted by molar-refractivity contribution is 5.67. The Labute approximate surface area is 121 Å². The number of methoxy groups -OCH3 is 1. The summed E-state index contributed by atoms with van der Waals surface area (Å²) >= 11 is 0. The second-order valence-corrected chi connectivity index (χ2v) is 5.58. The van der Waals surface area contributed by atoms with Crippen LogP contribution < -0.4 is 5.32 Å². The highest BCUT2D eigenvalue weighted by Crippen LogP contribution is 2.14. The van der Waals surface area contributed by atoms with Gasteiger partial charge in [0.1, 0.15) is 0 Å². The smallest absolute Gasteiger partial charge is 0.409 e. The number of aliphatic hydroxyl groups is 1. The van der Waals surface area contributed by atoms with Crippen LogP contribution in [0.4, 0.5) is 4.79 Å². The Kier molecular flexibility index (Phi) is 7.26. The van der Waals surface area contributed by atoms with Crippen LogP contribution in [-0.4, -0.2) is 67.7 Å². The Balaban J connectivity index is 2.23. The van der Waals surface area contributed by atoms with Gasteiger partial charge in [-0.2, -0.15) is 0 Å². The molecule has 6 nitrogen and oxygen atoms in total. The molecule has 1 heterocycles. The Morgan fingerprint density at radius 1 is 1.45 bits per heavy atom. The van der Waals surface area contributed by atoms with Crippen molar-refractivity contribution in [3.63, 3.8) is 0 Å². The second-order valence-electron chi connectivity index (χ2n) is 5.58. The van der Waals surface area contributed by atoms with E-state index in [-0.39, 0.29) is 6.09 Å². The minimum Gasteiger partial charge on any atom is -0.450 e. The lowest BCUT2D eigenvalue weighted by atomic mass is 10.0. The average molecular weight is 288 g/mol. The van der Waals surface area contributed by atoms with Gasteiger partial charge in [-0.15, -0.1) is 0 Å². The Hall–Kier alpha value is -0.850. The van der Waals surface area contributed by atoms with Crippen LogP contribution in [-0.2, 0) is 9.47 Å². The van der Waals surface area contributed by atoms with Gasteiger partial charge in [0.15, 0.2) is 0 Å². The predicted molar refractivity (Wildman–Crippen MR) is 76.7 cm³/mol. The van der Waals surface area contributed by atoms with Crippen molar-refractivity contribution in [2.24, 2.45) is 0 Å². The topological polar surface area (TPSA) is 71.0 Å². The number of nitrogens with one attached hydrogen (secondary N) is 1. The molecule has 0 aromatic heterocycles. The van der Waals surface area contributed by atoms with Gasteiger partial charge < -0.3 is 24.8 Å². The van der Waals surface area contributed by atoms with Crippen LogP contribution >= 0.6 is 0 Å². The third-order valence-corrected chi connectivity index (χ3v) is 3.64. The molecule has 2 N–H and O–H groups in total. The molecule has 1 fully saturated rings. The number of nitrogens with zero attached hydrogens (tertiary/aromatic N) is 1. The van der Waals surface area contributed by atoms with Crippen LogP contribution in [0.1, 0.15) is 33.1 Å². The van der Waals surface area contributed by atoms with E-state index in [0.29, 0.717) is 45.3 Å². The number of hydrogen-bond donors (Lipinski definition) is 2. The van der Waals surface area contributed by atoms with Gasteiger partial charge in [-0.25, -0.2) is 4.79 Å². The molecule has 0 aromatic rings. The second kappa shape index (κ2) is 8.44. The number of carbonyl (C=O) groups is 1. The van der Waals surface area contributed by atoms with Gasteiger partial charge in [0.25, 0.3) is 0 Å². The van der Waals surface area contributed by atoms with Crippen molar-refractivity contribution in [3.05, 3.63) is 0 Å². The molecule has 118 valence electrons. The fraction of sp³-hybridized carbons (Fsp3) is 0.929. The highest BCUT2D eigenvalue weighted by Gasteiger charge is 2.26. The molecule has 6 heteroatoms. The van der Waals surface area contributed by atoms with Crippen LogP contribution in [0.2, 0.25) is 0 Å². The summed E-state index contributed by atoms with van der Waals surface area (Å²) in [6, 6.07) is 0.342. The number of rotatable bonds is 7. The van der Waals surface area contributed by atoms with E-state index in [1.807, 2.05) is 13.8 Å². The zero-order valence-electron chi connectivity index (χ0n) is 12.9. The lowest BCUT2D eigenvalue weighted by Crippen LogP contribution is -2.49. The number of amides is 1. The zero-order valence-corrected chi connectivity index (χ0v) is 12.9. The summed E-state index contributed by atoms with van der Waals surface area (Å²) in [7, 11) is 1.63. The maximum absolute atomic E-state index is 11.6. The monoisotopic (exact) mass is 288 g/mol. The summed E-state index contributed by atoms with van der Waals surface area (Å²) < 4.78 is 9.97. The molecule has 0 aromatic carbocycles.